The standard InChI is InChI=1S/C20H22Cl2N6O2/c1-26-8-10-27(11-9-26)25-20-23-12-13-6-7-14(17-15(21)4-3-5-16(17)22)19(29)28(30-2)18(13)24-20/h3-5,7,12H,6,8-11H2,1-2H3,(H,23,24,25). The number of nitrogens with zero attached hydrogens (tertiary/aromatic N) is 5. The molecule has 0 radical (unpaired) electrons. The highest BCUT2D eigenvalue weighted by molar-refractivity contribution is 6.41. The number of allylic oxidation sites excluding steroid dienone is 1. The van der Waals surface area contributed by atoms with E-state index in [1.165, 1.54) is 7.11 Å². The number of halogens is 2. The number of aromatic nitrogens is 2. The second kappa shape index (κ2) is 8.87. The minimum absolute atomic E-state index is 0.360. The van der Waals surface area contributed by atoms with Crippen molar-refractivity contribution in [1.29, 1.82) is 0 Å². The second-order valence-corrected chi connectivity index (χ2v) is 7.96. The molecule has 0 saturated carbocycles. The van der Waals surface area contributed by atoms with Crippen LogP contribution in [0.25, 0.3) is 5.57 Å². The summed E-state index contributed by atoms with van der Waals surface area (Å²) < 4.78 is 0. The van der Waals surface area contributed by atoms with E-state index in [0.717, 1.165) is 36.8 Å². The molecule has 2 aliphatic heterocycles. The van der Waals surface area contributed by atoms with E-state index in [-0.39, 0.29) is 0 Å². The summed E-state index contributed by atoms with van der Waals surface area (Å²) in [6.07, 6.45) is 3.92. The Morgan fingerprint density at radius 2 is 1.83 bits per heavy atom. The monoisotopic (exact) mass is 448 g/mol. The average molecular weight is 449 g/mol. The number of carbonyl (C=O) groups excluding carboxylic acids is 1. The number of hydrogen-bond donors (Lipinski definition) is 1. The van der Waals surface area contributed by atoms with Crippen LogP contribution in [0.3, 0.4) is 0 Å². The van der Waals surface area contributed by atoms with Gasteiger partial charge >= 0.3 is 0 Å². The van der Waals surface area contributed by atoms with E-state index in [0.29, 0.717) is 39.4 Å². The first-order chi connectivity index (χ1) is 14.5. The second-order valence-electron chi connectivity index (χ2n) is 7.15. The van der Waals surface area contributed by atoms with Crippen LogP contribution in [0.1, 0.15) is 11.1 Å². The Hall–Kier alpha value is -2.23. The zero-order valence-corrected chi connectivity index (χ0v) is 18.2. The number of benzene rings is 1. The van der Waals surface area contributed by atoms with Crippen LogP contribution in [-0.4, -0.2) is 66.1 Å². The first-order valence-corrected chi connectivity index (χ1v) is 10.3. The van der Waals surface area contributed by atoms with Crippen LogP contribution in [0.15, 0.2) is 30.5 Å². The number of piperazine rings is 1. The largest absolute Gasteiger partial charge is 0.304 e. The van der Waals surface area contributed by atoms with E-state index in [2.05, 4.69) is 32.4 Å². The molecule has 2 aliphatic rings. The molecule has 0 bridgehead atoms. The fourth-order valence-corrected chi connectivity index (χ4v) is 4.07. The SMILES string of the molecule is CON1C(=O)C(c2c(Cl)cccc2Cl)=CCc2cnc(NN3CCN(C)CC3)nc21. The summed E-state index contributed by atoms with van der Waals surface area (Å²) in [7, 11) is 3.52. The van der Waals surface area contributed by atoms with Gasteiger partial charge in [0.2, 0.25) is 5.95 Å². The average Bonchev–Trinajstić information content (AvgIpc) is 2.86. The van der Waals surface area contributed by atoms with Gasteiger partial charge in [-0.25, -0.2) is 9.99 Å². The number of fused-ring (bicyclic) bond motifs is 1. The van der Waals surface area contributed by atoms with Gasteiger partial charge in [0.1, 0.15) is 0 Å². The molecule has 2 aromatic rings. The summed E-state index contributed by atoms with van der Waals surface area (Å²) in [4.78, 5) is 30.0. The lowest BCUT2D eigenvalue weighted by atomic mass is 10.0. The van der Waals surface area contributed by atoms with Crippen LogP contribution in [0.5, 0.6) is 0 Å². The molecule has 0 unspecified atom stereocenters. The number of hydrogen-bond acceptors (Lipinski definition) is 7. The van der Waals surface area contributed by atoms with E-state index in [9.17, 15) is 4.79 Å². The van der Waals surface area contributed by atoms with Gasteiger partial charge in [0.15, 0.2) is 5.82 Å². The minimum atomic E-state index is -0.393. The van der Waals surface area contributed by atoms with Gasteiger partial charge < -0.3 is 4.90 Å². The summed E-state index contributed by atoms with van der Waals surface area (Å²) in [6.45, 7) is 3.60. The maximum absolute atomic E-state index is 13.3. The van der Waals surface area contributed by atoms with Gasteiger partial charge in [-0.05, 0) is 25.6 Å². The van der Waals surface area contributed by atoms with E-state index >= 15 is 0 Å². The first kappa shape index (κ1) is 21.0. The van der Waals surface area contributed by atoms with Crippen LogP contribution in [-0.2, 0) is 16.1 Å². The van der Waals surface area contributed by atoms with Crippen molar-refractivity contribution in [1.82, 2.24) is 19.9 Å². The van der Waals surface area contributed by atoms with Crippen LogP contribution in [0, 0.1) is 0 Å². The van der Waals surface area contributed by atoms with Gasteiger partial charge in [0.25, 0.3) is 5.91 Å². The summed E-state index contributed by atoms with van der Waals surface area (Å²) in [6, 6.07) is 5.13. The molecular formula is C20H22Cl2N6O2. The van der Waals surface area contributed by atoms with Crippen LogP contribution in [0.4, 0.5) is 11.8 Å². The van der Waals surface area contributed by atoms with Crippen molar-refractivity contribution in [2.45, 2.75) is 6.42 Å². The third kappa shape index (κ3) is 4.14. The fourth-order valence-electron chi connectivity index (χ4n) is 3.47. The van der Waals surface area contributed by atoms with E-state index < -0.39 is 5.91 Å². The quantitative estimate of drug-likeness (QED) is 0.770. The van der Waals surface area contributed by atoms with Gasteiger partial charge in [0.05, 0.1) is 17.2 Å². The highest BCUT2D eigenvalue weighted by Gasteiger charge is 2.30. The number of nitrogens with one attached hydrogen (secondary N) is 1. The molecule has 30 heavy (non-hydrogen) atoms. The summed E-state index contributed by atoms with van der Waals surface area (Å²) in [5, 5.41) is 4.01. The van der Waals surface area contributed by atoms with Crippen molar-refractivity contribution < 1.29 is 9.63 Å². The summed E-state index contributed by atoms with van der Waals surface area (Å²) in [5.41, 5.74) is 4.82. The summed E-state index contributed by atoms with van der Waals surface area (Å²) in [5.74, 6) is 0.409. The molecular weight excluding hydrogens is 427 g/mol. The molecule has 1 aromatic heterocycles. The first-order valence-electron chi connectivity index (χ1n) is 9.57. The highest BCUT2D eigenvalue weighted by Crippen LogP contribution is 2.36. The van der Waals surface area contributed by atoms with Gasteiger partial charge in [-0.2, -0.15) is 10.0 Å². The number of hydrazine groups is 1. The Balaban J connectivity index is 1.64. The molecule has 0 spiro atoms. The van der Waals surface area contributed by atoms with Crippen molar-refractivity contribution in [3.05, 3.63) is 51.6 Å². The van der Waals surface area contributed by atoms with Crippen LogP contribution < -0.4 is 10.5 Å². The smallest absolute Gasteiger partial charge is 0.284 e. The lowest BCUT2D eigenvalue weighted by molar-refractivity contribution is -0.119. The molecule has 4 rings (SSSR count). The molecule has 158 valence electrons. The van der Waals surface area contributed by atoms with E-state index in [4.69, 9.17) is 28.0 Å². The number of carbonyl (C=O) groups is 1. The van der Waals surface area contributed by atoms with Gasteiger partial charge in [-0.3, -0.25) is 15.1 Å². The number of amides is 1. The number of likely N-dealkylation sites (N-methyl/N-ethyl adjacent to an activating group) is 1. The molecule has 0 aliphatic carbocycles. The predicted molar refractivity (Wildman–Crippen MR) is 117 cm³/mol. The third-order valence-corrected chi connectivity index (χ3v) is 5.78. The predicted octanol–water partition coefficient (Wildman–Crippen LogP) is 2.89. The minimum Gasteiger partial charge on any atom is -0.304 e. The Morgan fingerprint density at radius 3 is 2.50 bits per heavy atom. The van der Waals surface area contributed by atoms with Crippen molar-refractivity contribution in [2.75, 3.05) is 50.8 Å². The molecule has 1 aromatic carbocycles. The summed E-state index contributed by atoms with van der Waals surface area (Å²) >= 11 is 12.7. The normalized spacial score (nSPS) is 18.1. The molecule has 1 N–H and O–H groups in total. The lowest BCUT2D eigenvalue weighted by Gasteiger charge is -2.32. The molecule has 1 fully saturated rings. The van der Waals surface area contributed by atoms with Gasteiger partial charge in [0, 0.05) is 49.1 Å². The maximum Gasteiger partial charge on any atom is 0.284 e. The number of hydroxylamine groups is 1. The Labute approximate surface area is 185 Å². The molecule has 3 heterocycles. The molecule has 1 amide bonds. The maximum atomic E-state index is 13.3. The molecule has 0 atom stereocenters. The van der Waals surface area contributed by atoms with Crippen LogP contribution in [0.2, 0.25) is 10.0 Å². The highest BCUT2D eigenvalue weighted by atomic mass is 35.5. The lowest BCUT2D eigenvalue weighted by Crippen LogP contribution is -2.47. The Kier molecular flexibility index (Phi) is 6.21. The molecule has 1 saturated heterocycles. The van der Waals surface area contributed by atoms with Crippen molar-refractivity contribution >= 4 is 46.4 Å². The topological polar surface area (TPSA) is 73.8 Å². The molecule has 10 heteroatoms. The van der Waals surface area contributed by atoms with Crippen molar-refractivity contribution in [2.24, 2.45) is 0 Å². The number of rotatable bonds is 4. The number of anilines is 2. The van der Waals surface area contributed by atoms with E-state index in [1.807, 2.05) is 0 Å². The van der Waals surface area contributed by atoms with E-state index in [1.54, 1.807) is 30.5 Å². The van der Waals surface area contributed by atoms with Gasteiger partial charge in [-0.1, -0.05) is 35.3 Å². The zero-order chi connectivity index (χ0) is 21.3. The van der Waals surface area contributed by atoms with Crippen molar-refractivity contribution in [3.8, 4) is 0 Å². The Bertz CT molecular complexity index is 971. The third-order valence-electron chi connectivity index (χ3n) is 5.15. The zero-order valence-electron chi connectivity index (χ0n) is 16.7. The Morgan fingerprint density at radius 1 is 1.13 bits per heavy atom. The van der Waals surface area contributed by atoms with Crippen molar-refractivity contribution in [3.63, 3.8) is 0 Å². The van der Waals surface area contributed by atoms with Crippen LogP contribution >= 0.6 is 23.2 Å². The molecule has 8 nitrogen and oxygen atoms in total. The fraction of sp³-hybridized carbons (Fsp3) is 0.350. The van der Waals surface area contributed by atoms with Gasteiger partial charge in [-0.15, -0.1) is 0 Å².